The van der Waals surface area contributed by atoms with E-state index < -0.39 is 5.97 Å². The lowest BCUT2D eigenvalue weighted by atomic mass is 10.2. The molecule has 3 aromatic rings. The van der Waals surface area contributed by atoms with Gasteiger partial charge in [-0.15, -0.1) is 17.7 Å². The highest BCUT2D eigenvalue weighted by Crippen LogP contribution is 2.15. The van der Waals surface area contributed by atoms with Crippen molar-refractivity contribution in [2.45, 2.75) is 5.16 Å². The second-order valence-corrected chi connectivity index (χ2v) is 4.54. The molecule has 3 rings (SSSR count). The van der Waals surface area contributed by atoms with Gasteiger partial charge >= 0.3 is 5.97 Å². The maximum atomic E-state index is 12.1. The van der Waals surface area contributed by atoms with Crippen molar-refractivity contribution in [1.29, 1.82) is 0 Å². The molecule has 0 saturated heterocycles. The Labute approximate surface area is 125 Å². The lowest BCUT2D eigenvalue weighted by Gasteiger charge is -2.06. The van der Waals surface area contributed by atoms with Crippen LogP contribution in [-0.2, 0) is 0 Å². The van der Waals surface area contributed by atoms with Gasteiger partial charge in [0, 0.05) is 0 Å². The summed E-state index contributed by atoms with van der Waals surface area (Å²) in [6, 6.07) is 15.7. The zero-order valence-corrected chi connectivity index (χ0v) is 11.6. The summed E-state index contributed by atoms with van der Waals surface area (Å²) in [5, 5.41) is 11.3. The molecule has 1 heterocycles. The lowest BCUT2D eigenvalue weighted by molar-refractivity contribution is 0.0734. The number of hydrogen-bond acceptors (Lipinski definition) is 6. The number of para-hydroxylation sites is 1. The zero-order valence-electron chi connectivity index (χ0n) is 10.7. The summed E-state index contributed by atoms with van der Waals surface area (Å²) in [6.07, 6.45) is 0. The number of aromatic nitrogens is 4. The molecule has 0 aliphatic heterocycles. The first-order valence-electron chi connectivity index (χ1n) is 6.09. The van der Waals surface area contributed by atoms with Gasteiger partial charge in [-0.3, -0.25) is 0 Å². The number of carbonyl (C=O) groups excluding carboxylic acids is 1. The number of rotatable bonds is 3. The van der Waals surface area contributed by atoms with Gasteiger partial charge in [-0.25, -0.2) is 4.79 Å². The molecule has 21 heavy (non-hydrogen) atoms. The van der Waals surface area contributed by atoms with Gasteiger partial charge in [-0.1, -0.05) is 24.3 Å². The summed E-state index contributed by atoms with van der Waals surface area (Å²) in [4.78, 5) is 12.1. The van der Waals surface area contributed by atoms with Crippen molar-refractivity contribution in [3.05, 3.63) is 60.2 Å². The molecule has 104 valence electrons. The number of ether oxygens (including phenoxy) is 1. The van der Waals surface area contributed by atoms with E-state index in [0.717, 1.165) is 0 Å². The number of tetrazole rings is 1. The van der Waals surface area contributed by atoms with Crippen LogP contribution in [0.15, 0.2) is 59.8 Å². The predicted octanol–water partition coefficient (Wildman–Crippen LogP) is 2.17. The summed E-state index contributed by atoms with van der Waals surface area (Å²) < 4.78 is 6.70. The van der Waals surface area contributed by atoms with Gasteiger partial charge in [0.05, 0.1) is 11.3 Å². The summed E-state index contributed by atoms with van der Waals surface area (Å²) >= 11 is 4.14. The fraction of sp³-hybridized carbons (Fsp3) is 0. The van der Waals surface area contributed by atoms with Crippen LogP contribution in [0.3, 0.4) is 0 Å². The van der Waals surface area contributed by atoms with Crippen LogP contribution in [-0.4, -0.2) is 26.2 Å². The van der Waals surface area contributed by atoms with E-state index in [2.05, 4.69) is 28.2 Å². The molecule has 0 spiro atoms. The van der Waals surface area contributed by atoms with Crippen molar-refractivity contribution in [1.82, 2.24) is 20.2 Å². The van der Waals surface area contributed by atoms with Crippen LogP contribution in [0.4, 0.5) is 0 Å². The number of thiol groups is 1. The van der Waals surface area contributed by atoms with Gasteiger partial charge in [-0.2, -0.15) is 4.68 Å². The van der Waals surface area contributed by atoms with E-state index in [-0.39, 0.29) is 0 Å². The molecule has 0 bridgehead atoms. The van der Waals surface area contributed by atoms with E-state index in [1.165, 1.54) is 4.68 Å². The Morgan fingerprint density at radius 3 is 2.62 bits per heavy atom. The van der Waals surface area contributed by atoms with Gasteiger partial charge in [0.15, 0.2) is 0 Å². The molecular weight excluding hydrogens is 288 g/mol. The number of carbonyl (C=O) groups is 1. The molecule has 0 unspecified atom stereocenters. The molecule has 0 amide bonds. The highest BCUT2D eigenvalue weighted by atomic mass is 32.1. The van der Waals surface area contributed by atoms with E-state index in [9.17, 15) is 4.79 Å². The van der Waals surface area contributed by atoms with Crippen LogP contribution in [0.5, 0.6) is 5.75 Å². The molecule has 0 atom stereocenters. The second kappa shape index (κ2) is 5.76. The molecule has 0 radical (unpaired) electrons. The number of esters is 1. The summed E-state index contributed by atoms with van der Waals surface area (Å²) in [5.41, 5.74) is 1.03. The Balaban J connectivity index is 1.86. The Kier molecular flexibility index (Phi) is 3.65. The number of hydrogen-bond donors (Lipinski definition) is 1. The van der Waals surface area contributed by atoms with Crippen molar-refractivity contribution in [2.75, 3.05) is 0 Å². The average molecular weight is 298 g/mol. The maximum absolute atomic E-state index is 12.1. The number of benzene rings is 2. The molecule has 7 heteroatoms. The van der Waals surface area contributed by atoms with Gasteiger partial charge in [0.25, 0.3) is 0 Å². The van der Waals surface area contributed by atoms with Crippen molar-refractivity contribution < 1.29 is 9.53 Å². The minimum Gasteiger partial charge on any atom is -0.423 e. The predicted molar refractivity (Wildman–Crippen MR) is 77.8 cm³/mol. The third kappa shape index (κ3) is 2.92. The molecule has 2 aromatic carbocycles. The third-order valence-electron chi connectivity index (χ3n) is 2.73. The molecule has 0 fully saturated rings. The molecule has 0 aliphatic rings. The van der Waals surface area contributed by atoms with E-state index in [1.807, 2.05) is 6.07 Å². The van der Waals surface area contributed by atoms with Crippen molar-refractivity contribution >= 4 is 18.6 Å². The molecule has 0 aliphatic carbocycles. The zero-order chi connectivity index (χ0) is 14.7. The Bertz CT molecular complexity index is 773. The minimum absolute atomic E-state index is 0.337. The highest BCUT2D eigenvalue weighted by Gasteiger charge is 2.11. The van der Waals surface area contributed by atoms with Crippen LogP contribution < -0.4 is 4.74 Å². The lowest BCUT2D eigenvalue weighted by Crippen LogP contribution is -2.09. The standard InChI is InChI=1S/C14H10N4O2S/c19-13(20-12-7-2-1-3-8-12)10-5-4-6-11(9-10)18-14(21)15-16-17-18/h1-9H,(H,15,17,21). The van der Waals surface area contributed by atoms with Gasteiger partial charge in [0.1, 0.15) is 5.75 Å². The SMILES string of the molecule is O=C(Oc1ccccc1)c1cccc(-n2nnnc2S)c1. The molecule has 6 nitrogen and oxygen atoms in total. The second-order valence-electron chi connectivity index (χ2n) is 4.14. The summed E-state index contributed by atoms with van der Waals surface area (Å²) in [5.74, 6) is 0.0436. The smallest absolute Gasteiger partial charge is 0.343 e. The third-order valence-corrected chi connectivity index (χ3v) is 3.01. The monoisotopic (exact) mass is 298 g/mol. The fourth-order valence-corrected chi connectivity index (χ4v) is 1.96. The Morgan fingerprint density at radius 1 is 1.10 bits per heavy atom. The quantitative estimate of drug-likeness (QED) is 0.456. The topological polar surface area (TPSA) is 69.9 Å². The average Bonchev–Trinajstić information content (AvgIpc) is 2.94. The Hall–Kier alpha value is -2.67. The molecule has 1 aromatic heterocycles. The highest BCUT2D eigenvalue weighted by molar-refractivity contribution is 7.80. The fourth-order valence-electron chi connectivity index (χ4n) is 1.77. The minimum atomic E-state index is -0.447. The molecular formula is C14H10N4O2S. The molecule has 0 N–H and O–H groups in total. The summed E-state index contributed by atoms with van der Waals surface area (Å²) in [6.45, 7) is 0. The van der Waals surface area contributed by atoms with E-state index in [1.54, 1.807) is 48.5 Å². The van der Waals surface area contributed by atoms with Gasteiger partial charge in [0.2, 0.25) is 5.16 Å². The first-order chi connectivity index (χ1) is 10.2. The normalized spacial score (nSPS) is 10.3. The van der Waals surface area contributed by atoms with Gasteiger partial charge < -0.3 is 4.74 Å². The maximum Gasteiger partial charge on any atom is 0.343 e. The van der Waals surface area contributed by atoms with Gasteiger partial charge in [-0.05, 0) is 40.8 Å². The Morgan fingerprint density at radius 2 is 1.90 bits per heavy atom. The largest absolute Gasteiger partial charge is 0.423 e. The number of nitrogens with zero attached hydrogens (tertiary/aromatic N) is 4. The van der Waals surface area contributed by atoms with E-state index >= 15 is 0 Å². The van der Waals surface area contributed by atoms with Crippen molar-refractivity contribution in [2.24, 2.45) is 0 Å². The summed E-state index contributed by atoms with van der Waals surface area (Å²) in [7, 11) is 0. The van der Waals surface area contributed by atoms with Crippen LogP contribution in [0.1, 0.15) is 10.4 Å². The van der Waals surface area contributed by atoms with Crippen molar-refractivity contribution in [3.63, 3.8) is 0 Å². The van der Waals surface area contributed by atoms with Crippen molar-refractivity contribution in [3.8, 4) is 11.4 Å². The van der Waals surface area contributed by atoms with Crippen LogP contribution >= 0.6 is 12.6 Å². The first-order valence-corrected chi connectivity index (χ1v) is 6.54. The van der Waals surface area contributed by atoms with Crippen LogP contribution in [0.25, 0.3) is 5.69 Å². The first kappa shape index (κ1) is 13.3. The van der Waals surface area contributed by atoms with Crippen LogP contribution in [0, 0.1) is 0 Å². The van der Waals surface area contributed by atoms with E-state index in [4.69, 9.17) is 4.74 Å². The van der Waals surface area contributed by atoms with Crippen LogP contribution in [0.2, 0.25) is 0 Å². The van der Waals surface area contributed by atoms with E-state index in [0.29, 0.717) is 22.2 Å². The molecule has 0 saturated carbocycles.